The van der Waals surface area contributed by atoms with Gasteiger partial charge in [0.2, 0.25) is 6.10 Å². The Kier molecular flexibility index (Phi) is 7.08. The molecule has 1 atom stereocenters. The van der Waals surface area contributed by atoms with Gasteiger partial charge in [-0.15, -0.1) is 0 Å². The molecule has 1 aliphatic heterocycles. The summed E-state index contributed by atoms with van der Waals surface area (Å²) in [6, 6.07) is 13.9. The second-order valence-corrected chi connectivity index (χ2v) is 6.65. The van der Waals surface area contributed by atoms with Crippen LogP contribution in [0.1, 0.15) is 34.9 Å². The Morgan fingerprint density at radius 2 is 1.62 bits per heavy atom. The fraction of sp³-hybridized carbons (Fsp3) is 0.318. The lowest BCUT2D eigenvalue weighted by molar-refractivity contribution is -0.162. The standard InChI is InChI=1S/C22H22FNO5/c23-18-8-6-16(7-9-18)19(25)10-11-20(26)29-21(17-4-2-1-3-5-17)22(27)24-12-14-28-15-13-24/h1-9,21H,10-15H2/t21-/m0/s1. The lowest BCUT2D eigenvalue weighted by Gasteiger charge is -2.30. The summed E-state index contributed by atoms with van der Waals surface area (Å²) in [6.07, 6.45) is -1.32. The van der Waals surface area contributed by atoms with Crippen molar-refractivity contribution in [3.63, 3.8) is 0 Å². The van der Waals surface area contributed by atoms with Crippen LogP contribution in [-0.2, 0) is 19.1 Å². The van der Waals surface area contributed by atoms with Gasteiger partial charge >= 0.3 is 5.97 Å². The van der Waals surface area contributed by atoms with Crippen molar-refractivity contribution in [2.45, 2.75) is 18.9 Å². The average Bonchev–Trinajstić information content (AvgIpc) is 2.77. The molecule has 0 unspecified atom stereocenters. The molecule has 2 aromatic carbocycles. The molecule has 1 amide bonds. The number of ether oxygens (including phenoxy) is 2. The third-order valence-corrected chi connectivity index (χ3v) is 4.62. The van der Waals surface area contributed by atoms with Crippen molar-refractivity contribution in [3.8, 4) is 0 Å². The molecule has 29 heavy (non-hydrogen) atoms. The van der Waals surface area contributed by atoms with E-state index in [0.717, 1.165) is 0 Å². The van der Waals surface area contributed by atoms with Crippen LogP contribution < -0.4 is 0 Å². The van der Waals surface area contributed by atoms with E-state index in [4.69, 9.17) is 9.47 Å². The maximum atomic E-state index is 13.0. The largest absolute Gasteiger partial charge is 0.447 e. The number of halogens is 1. The van der Waals surface area contributed by atoms with Gasteiger partial charge in [0.15, 0.2) is 5.78 Å². The molecule has 7 heteroatoms. The molecule has 0 aromatic heterocycles. The second kappa shape index (κ2) is 9.93. The molecule has 1 fully saturated rings. The highest BCUT2D eigenvalue weighted by atomic mass is 19.1. The minimum absolute atomic E-state index is 0.0856. The number of ketones is 1. The van der Waals surface area contributed by atoms with E-state index in [1.165, 1.54) is 24.3 Å². The van der Waals surface area contributed by atoms with Gasteiger partial charge in [0.25, 0.3) is 5.91 Å². The number of rotatable bonds is 7. The van der Waals surface area contributed by atoms with Crippen LogP contribution in [0.15, 0.2) is 54.6 Å². The van der Waals surface area contributed by atoms with E-state index in [0.29, 0.717) is 37.4 Å². The number of nitrogens with zero attached hydrogens (tertiary/aromatic N) is 1. The number of carbonyl (C=O) groups excluding carboxylic acids is 3. The Labute approximate surface area is 168 Å². The fourth-order valence-corrected chi connectivity index (χ4v) is 3.02. The summed E-state index contributed by atoms with van der Waals surface area (Å²) < 4.78 is 23.7. The Morgan fingerprint density at radius 3 is 2.28 bits per heavy atom. The number of benzene rings is 2. The number of amides is 1. The minimum Gasteiger partial charge on any atom is -0.447 e. The van der Waals surface area contributed by atoms with Gasteiger partial charge in [-0.25, -0.2) is 4.39 Å². The number of hydrogen-bond donors (Lipinski definition) is 0. The number of morpholine rings is 1. The van der Waals surface area contributed by atoms with Crippen molar-refractivity contribution in [1.29, 1.82) is 0 Å². The first-order valence-electron chi connectivity index (χ1n) is 9.44. The summed E-state index contributed by atoms with van der Waals surface area (Å²) >= 11 is 0. The first kappa shape index (κ1) is 20.7. The zero-order valence-electron chi connectivity index (χ0n) is 15.9. The van der Waals surface area contributed by atoms with Crippen molar-refractivity contribution in [3.05, 3.63) is 71.5 Å². The lowest BCUT2D eigenvalue weighted by Crippen LogP contribution is -2.44. The number of carbonyl (C=O) groups is 3. The SMILES string of the molecule is O=C(CCC(=O)c1ccc(F)cc1)O[C@H](C(=O)N1CCOCC1)c1ccccc1. The molecule has 1 heterocycles. The van der Waals surface area contributed by atoms with Crippen LogP contribution in [0.3, 0.4) is 0 Å². The maximum Gasteiger partial charge on any atom is 0.307 e. The summed E-state index contributed by atoms with van der Waals surface area (Å²) in [7, 11) is 0. The minimum atomic E-state index is -1.07. The molecule has 2 aromatic rings. The fourth-order valence-electron chi connectivity index (χ4n) is 3.02. The van der Waals surface area contributed by atoms with E-state index in [1.54, 1.807) is 29.2 Å². The van der Waals surface area contributed by atoms with Crippen LogP contribution in [-0.4, -0.2) is 48.9 Å². The summed E-state index contributed by atoms with van der Waals surface area (Å²) in [6.45, 7) is 1.74. The van der Waals surface area contributed by atoms with Gasteiger partial charge < -0.3 is 14.4 Å². The van der Waals surface area contributed by atoms with Crippen LogP contribution in [0.2, 0.25) is 0 Å². The van der Waals surface area contributed by atoms with Gasteiger partial charge in [-0.3, -0.25) is 14.4 Å². The number of hydrogen-bond acceptors (Lipinski definition) is 5. The summed E-state index contributed by atoms with van der Waals surface area (Å²) in [5, 5.41) is 0. The first-order chi connectivity index (χ1) is 14.0. The van der Waals surface area contributed by atoms with Gasteiger partial charge in [0.05, 0.1) is 19.6 Å². The van der Waals surface area contributed by atoms with Gasteiger partial charge in [-0.2, -0.15) is 0 Å². The summed E-state index contributed by atoms with van der Waals surface area (Å²) in [4.78, 5) is 39.1. The summed E-state index contributed by atoms with van der Waals surface area (Å²) in [5.41, 5.74) is 0.894. The van der Waals surface area contributed by atoms with Crippen LogP contribution in [0.25, 0.3) is 0 Å². The molecule has 0 N–H and O–H groups in total. The molecule has 1 aliphatic rings. The predicted molar refractivity (Wildman–Crippen MR) is 103 cm³/mol. The third-order valence-electron chi connectivity index (χ3n) is 4.62. The maximum absolute atomic E-state index is 13.0. The van der Waals surface area contributed by atoms with E-state index in [1.807, 2.05) is 6.07 Å². The zero-order chi connectivity index (χ0) is 20.6. The van der Waals surface area contributed by atoms with Gasteiger partial charge in [-0.1, -0.05) is 30.3 Å². The van der Waals surface area contributed by atoms with Gasteiger partial charge in [0, 0.05) is 30.6 Å². The van der Waals surface area contributed by atoms with Crippen LogP contribution >= 0.6 is 0 Å². The molecule has 0 spiro atoms. The first-order valence-corrected chi connectivity index (χ1v) is 9.44. The Bertz CT molecular complexity index is 847. The molecule has 152 valence electrons. The topological polar surface area (TPSA) is 72.9 Å². The Balaban J connectivity index is 1.63. The Morgan fingerprint density at radius 1 is 0.966 bits per heavy atom. The van der Waals surface area contributed by atoms with Crippen molar-refractivity contribution in [2.24, 2.45) is 0 Å². The molecule has 0 aliphatic carbocycles. The highest BCUT2D eigenvalue weighted by Crippen LogP contribution is 2.22. The van der Waals surface area contributed by atoms with E-state index < -0.39 is 17.9 Å². The number of Topliss-reactive ketones (excluding diaryl/α,β-unsaturated/α-hetero) is 1. The van der Waals surface area contributed by atoms with Gasteiger partial charge in [-0.05, 0) is 24.3 Å². The monoisotopic (exact) mass is 399 g/mol. The van der Waals surface area contributed by atoms with E-state index in [9.17, 15) is 18.8 Å². The quantitative estimate of drug-likeness (QED) is 0.529. The zero-order valence-corrected chi connectivity index (χ0v) is 15.9. The van der Waals surface area contributed by atoms with Crippen molar-refractivity contribution in [2.75, 3.05) is 26.3 Å². The van der Waals surface area contributed by atoms with E-state index in [-0.39, 0.29) is 24.5 Å². The van der Waals surface area contributed by atoms with Gasteiger partial charge in [0.1, 0.15) is 5.82 Å². The highest BCUT2D eigenvalue weighted by Gasteiger charge is 2.30. The van der Waals surface area contributed by atoms with E-state index in [2.05, 4.69) is 0 Å². The van der Waals surface area contributed by atoms with E-state index >= 15 is 0 Å². The Hall–Kier alpha value is -3.06. The van der Waals surface area contributed by atoms with Crippen LogP contribution in [0, 0.1) is 5.82 Å². The molecule has 1 saturated heterocycles. The molecular weight excluding hydrogens is 377 g/mol. The summed E-state index contributed by atoms with van der Waals surface area (Å²) in [5.74, 6) is -1.68. The number of esters is 1. The van der Waals surface area contributed by atoms with Crippen LogP contribution in [0.4, 0.5) is 4.39 Å². The van der Waals surface area contributed by atoms with Crippen molar-refractivity contribution >= 4 is 17.7 Å². The second-order valence-electron chi connectivity index (χ2n) is 6.65. The lowest BCUT2D eigenvalue weighted by atomic mass is 10.1. The smallest absolute Gasteiger partial charge is 0.307 e. The molecule has 0 saturated carbocycles. The highest BCUT2D eigenvalue weighted by molar-refractivity contribution is 5.97. The van der Waals surface area contributed by atoms with Crippen molar-refractivity contribution < 1.29 is 28.2 Å². The normalized spacial score (nSPS) is 14.9. The molecule has 3 rings (SSSR count). The predicted octanol–water partition coefficient (Wildman–Crippen LogP) is 2.93. The van der Waals surface area contributed by atoms with Crippen LogP contribution in [0.5, 0.6) is 0 Å². The molecular formula is C22H22FNO5. The molecule has 0 radical (unpaired) electrons. The van der Waals surface area contributed by atoms with Crippen molar-refractivity contribution in [1.82, 2.24) is 4.90 Å². The molecule has 0 bridgehead atoms. The average molecular weight is 399 g/mol. The molecule has 6 nitrogen and oxygen atoms in total. The third kappa shape index (κ3) is 5.71.